The van der Waals surface area contributed by atoms with Crippen molar-refractivity contribution < 1.29 is 9.72 Å². The van der Waals surface area contributed by atoms with Crippen LogP contribution in [-0.2, 0) is 0 Å². The zero-order valence-electron chi connectivity index (χ0n) is 10.1. The van der Waals surface area contributed by atoms with E-state index < -0.39 is 4.92 Å². The molecule has 1 aromatic rings. The van der Waals surface area contributed by atoms with E-state index in [1.807, 2.05) is 0 Å². The van der Waals surface area contributed by atoms with Crippen LogP contribution in [0.2, 0.25) is 0 Å². The number of benzene rings is 1. The minimum atomic E-state index is -0.516. The second-order valence-electron chi connectivity index (χ2n) is 3.73. The van der Waals surface area contributed by atoms with Gasteiger partial charge >= 0.3 is 0 Å². The molecule has 96 valence electrons. The van der Waals surface area contributed by atoms with Gasteiger partial charge in [0.15, 0.2) is 0 Å². The van der Waals surface area contributed by atoms with E-state index in [9.17, 15) is 14.9 Å². The lowest BCUT2D eigenvalue weighted by Gasteiger charge is -2.03. The molecule has 1 amide bonds. The van der Waals surface area contributed by atoms with Crippen LogP contribution in [0.15, 0.2) is 30.4 Å². The van der Waals surface area contributed by atoms with Crippen molar-refractivity contribution in [2.75, 3.05) is 13.1 Å². The summed E-state index contributed by atoms with van der Waals surface area (Å²) in [6.07, 6.45) is 3.45. The Morgan fingerprint density at radius 1 is 1.44 bits per heavy atom. The summed E-state index contributed by atoms with van der Waals surface area (Å²) in [6, 6.07) is 4.29. The van der Waals surface area contributed by atoms with E-state index in [2.05, 4.69) is 5.32 Å². The summed E-state index contributed by atoms with van der Waals surface area (Å²) in [6.45, 7) is 2.46. The Morgan fingerprint density at radius 2 is 2.17 bits per heavy atom. The summed E-state index contributed by atoms with van der Waals surface area (Å²) in [5.74, 6) is -0.344. The largest absolute Gasteiger partial charge is 0.349 e. The molecule has 6 heteroatoms. The lowest BCUT2D eigenvalue weighted by atomic mass is 10.1. The van der Waals surface area contributed by atoms with Gasteiger partial charge in [-0.05, 0) is 18.6 Å². The van der Waals surface area contributed by atoms with E-state index >= 15 is 0 Å². The highest BCUT2D eigenvalue weighted by Gasteiger charge is 2.12. The molecule has 0 saturated heterocycles. The van der Waals surface area contributed by atoms with Gasteiger partial charge in [-0.15, -0.1) is 0 Å². The monoisotopic (exact) mass is 249 g/mol. The van der Waals surface area contributed by atoms with Gasteiger partial charge in [-0.2, -0.15) is 0 Å². The van der Waals surface area contributed by atoms with Crippen LogP contribution in [0.3, 0.4) is 0 Å². The van der Waals surface area contributed by atoms with Gasteiger partial charge in [-0.1, -0.05) is 12.2 Å². The number of nitrogens with two attached hydrogens (primary N) is 1. The predicted octanol–water partition coefficient (Wildman–Crippen LogP) is 1.15. The van der Waals surface area contributed by atoms with Crippen molar-refractivity contribution in [3.8, 4) is 0 Å². The fourth-order valence-electron chi connectivity index (χ4n) is 1.43. The van der Waals surface area contributed by atoms with Crippen molar-refractivity contribution in [2.24, 2.45) is 5.73 Å². The molecule has 0 aliphatic carbocycles. The molecule has 0 unspecified atom stereocenters. The van der Waals surface area contributed by atoms with Crippen molar-refractivity contribution in [1.29, 1.82) is 0 Å². The van der Waals surface area contributed by atoms with Crippen LogP contribution in [0.4, 0.5) is 5.69 Å². The van der Waals surface area contributed by atoms with E-state index in [4.69, 9.17) is 5.73 Å². The summed E-state index contributed by atoms with van der Waals surface area (Å²) in [7, 11) is 0. The van der Waals surface area contributed by atoms with E-state index in [1.165, 1.54) is 12.1 Å². The summed E-state index contributed by atoms with van der Waals surface area (Å²) >= 11 is 0. The number of nitro groups is 1. The van der Waals surface area contributed by atoms with Crippen molar-refractivity contribution in [2.45, 2.75) is 6.92 Å². The molecule has 6 nitrogen and oxygen atoms in total. The molecule has 0 atom stereocenters. The van der Waals surface area contributed by atoms with Crippen LogP contribution < -0.4 is 11.1 Å². The van der Waals surface area contributed by atoms with Crippen LogP contribution in [0.5, 0.6) is 0 Å². The van der Waals surface area contributed by atoms with Crippen LogP contribution in [-0.4, -0.2) is 23.9 Å². The Bertz CT molecular complexity index is 483. The fourth-order valence-corrected chi connectivity index (χ4v) is 1.43. The number of hydrogen-bond acceptors (Lipinski definition) is 4. The number of amides is 1. The summed E-state index contributed by atoms with van der Waals surface area (Å²) in [5, 5.41) is 13.3. The van der Waals surface area contributed by atoms with Gasteiger partial charge < -0.3 is 11.1 Å². The van der Waals surface area contributed by atoms with Gasteiger partial charge in [0.25, 0.3) is 11.6 Å². The molecule has 0 radical (unpaired) electrons. The van der Waals surface area contributed by atoms with Gasteiger partial charge in [0.1, 0.15) is 0 Å². The average molecular weight is 249 g/mol. The highest BCUT2D eigenvalue weighted by molar-refractivity contribution is 5.95. The molecule has 0 saturated carbocycles. The summed E-state index contributed by atoms with van der Waals surface area (Å²) in [4.78, 5) is 21.9. The molecule has 3 N–H and O–H groups in total. The molecule has 0 aromatic heterocycles. The number of nitrogens with one attached hydrogen (secondary N) is 1. The number of rotatable bonds is 5. The number of carbonyl (C=O) groups excluding carboxylic acids is 1. The highest BCUT2D eigenvalue weighted by atomic mass is 16.6. The van der Waals surface area contributed by atoms with E-state index in [0.717, 1.165) is 0 Å². The maximum absolute atomic E-state index is 11.7. The third-order valence-corrected chi connectivity index (χ3v) is 2.22. The minimum absolute atomic E-state index is 0.0855. The first-order valence-electron chi connectivity index (χ1n) is 5.44. The van der Waals surface area contributed by atoms with E-state index in [0.29, 0.717) is 18.7 Å². The van der Waals surface area contributed by atoms with Crippen LogP contribution in [0.25, 0.3) is 0 Å². The van der Waals surface area contributed by atoms with Crippen molar-refractivity contribution in [1.82, 2.24) is 5.32 Å². The number of carbonyl (C=O) groups is 1. The topological polar surface area (TPSA) is 98.3 Å². The van der Waals surface area contributed by atoms with Crippen LogP contribution >= 0.6 is 0 Å². The van der Waals surface area contributed by atoms with Gasteiger partial charge in [0.2, 0.25) is 0 Å². The average Bonchev–Trinajstić information content (AvgIpc) is 2.33. The maximum Gasteiger partial charge on any atom is 0.270 e. The Kier molecular flexibility index (Phi) is 5.01. The third kappa shape index (κ3) is 3.99. The Hall–Kier alpha value is -2.21. The molecular weight excluding hydrogens is 234 g/mol. The molecule has 0 heterocycles. The normalized spacial score (nSPS) is 10.6. The van der Waals surface area contributed by atoms with Crippen molar-refractivity contribution in [3.63, 3.8) is 0 Å². The van der Waals surface area contributed by atoms with Gasteiger partial charge in [0, 0.05) is 30.8 Å². The number of non-ortho nitro benzene ring substituents is 1. The number of nitro benzene ring substituents is 1. The predicted molar refractivity (Wildman–Crippen MR) is 68.4 cm³/mol. The second kappa shape index (κ2) is 6.51. The standard InChI is InChI=1S/C12H15N3O3/c1-9-6-10(8-11(7-9)15(17)18)12(16)14-5-3-2-4-13/h2-3,6-8H,4-5,13H2,1H3,(H,14,16)/b3-2+. The number of aryl methyl sites for hydroxylation is 1. The van der Waals surface area contributed by atoms with Crippen molar-refractivity contribution in [3.05, 3.63) is 51.6 Å². The SMILES string of the molecule is Cc1cc(C(=O)NC/C=C/CN)cc([N+](=O)[O-])c1. The number of hydrogen-bond donors (Lipinski definition) is 2. The highest BCUT2D eigenvalue weighted by Crippen LogP contribution is 2.16. The summed E-state index contributed by atoms with van der Waals surface area (Å²) in [5.41, 5.74) is 6.12. The quantitative estimate of drug-likeness (QED) is 0.464. The van der Waals surface area contributed by atoms with E-state index in [1.54, 1.807) is 25.1 Å². The Labute approximate surface area is 105 Å². The molecule has 18 heavy (non-hydrogen) atoms. The van der Waals surface area contributed by atoms with Gasteiger partial charge in [0.05, 0.1) is 4.92 Å². The first kappa shape index (κ1) is 13.9. The number of nitrogens with zero attached hydrogens (tertiary/aromatic N) is 1. The third-order valence-electron chi connectivity index (χ3n) is 2.22. The molecule has 0 aliphatic heterocycles. The fraction of sp³-hybridized carbons (Fsp3) is 0.250. The molecule has 1 aromatic carbocycles. The summed E-state index contributed by atoms with van der Waals surface area (Å²) < 4.78 is 0. The molecule has 0 bridgehead atoms. The first-order valence-corrected chi connectivity index (χ1v) is 5.44. The molecule has 1 rings (SSSR count). The molecule has 0 fully saturated rings. The zero-order chi connectivity index (χ0) is 13.5. The second-order valence-corrected chi connectivity index (χ2v) is 3.73. The molecule has 0 spiro atoms. The van der Waals surface area contributed by atoms with Crippen LogP contribution in [0.1, 0.15) is 15.9 Å². The van der Waals surface area contributed by atoms with Crippen LogP contribution in [0, 0.1) is 17.0 Å². The first-order chi connectivity index (χ1) is 8.54. The van der Waals surface area contributed by atoms with Crippen molar-refractivity contribution >= 4 is 11.6 Å². The smallest absolute Gasteiger partial charge is 0.270 e. The lowest BCUT2D eigenvalue weighted by molar-refractivity contribution is -0.384. The lowest BCUT2D eigenvalue weighted by Crippen LogP contribution is -2.23. The molecular formula is C12H15N3O3. The molecule has 0 aliphatic rings. The van der Waals surface area contributed by atoms with E-state index in [-0.39, 0.29) is 17.2 Å². The Morgan fingerprint density at radius 3 is 2.78 bits per heavy atom. The van der Waals surface area contributed by atoms with Gasteiger partial charge in [-0.3, -0.25) is 14.9 Å². The maximum atomic E-state index is 11.7. The Balaban J connectivity index is 2.79. The minimum Gasteiger partial charge on any atom is -0.349 e. The van der Waals surface area contributed by atoms with Gasteiger partial charge in [-0.25, -0.2) is 0 Å². The zero-order valence-corrected chi connectivity index (χ0v) is 10.1.